The number of amides is 1. The molecule has 0 fully saturated rings. The van der Waals surface area contributed by atoms with Crippen molar-refractivity contribution in [2.45, 2.75) is 19.1 Å². The van der Waals surface area contributed by atoms with E-state index >= 15 is 0 Å². The Hall–Kier alpha value is -2.65. The SMILES string of the molecule is COc1ccc([C@@H]2NC(=O)c3c(sc4c3CCN(C)C4)N2)cc1[N+](=O)[O-]. The van der Waals surface area contributed by atoms with E-state index in [1.807, 2.05) is 0 Å². The number of hydrogen-bond acceptors (Lipinski definition) is 7. The smallest absolute Gasteiger partial charge is 0.311 e. The molecule has 1 aromatic heterocycles. The van der Waals surface area contributed by atoms with E-state index < -0.39 is 11.1 Å². The topological polar surface area (TPSA) is 96.7 Å². The number of carbonyl (C=O) groups is 1. The molecule has 0 radical (unpaired) electrons. The molecule has 2 N–H and O–H groups in total. The average molecular weight is 374 g/mol. The monoisotopic (exact) mass is 374 g/mol. The molecule has 2 aliphatic rings. The van der Waals surface area contributed by atoms with E-state index in [1.165, 1.54) is 18.1 Å². The Kier molecular flexibility index (Phi) is 4.04. The van der Waals surface area contributed by atoms with Crippen LogP contribution in [0.5, 0.6) is 5.75 Å². The van der Waals surface area contributed by atoms with Crippen LogP contribution >= 0.6 is 11.3 Å². The predicted molar refractivity (Wildman–Crippen MR) is 97.8 cm³/mol. The largest absolute Gasteiger partial charge is 0.490 e. The number of thiophene rings is 1. The molecular formula is C17H18N4O4S. The molecule has 3 heterocycles. The molecule has 4 rings (SSSR count). The number of rotatable bonds is 3. The summed E-state index contributed by atoms with van der Waals surface area (Å²) in [5.74, 6) is 0.0560. The Morgan fingerprint density at radius 1 is 1.38 bits per heavy atom. The van der Waals surface area contributed by atoms with E-state index in [-0.39, 0.29) is 17.3 Å². The molecule has 0 spiro atoms. The van der Waals surface area contributed by atoms with Crippen LogP contribution in [0.15, 0.2) is 18.2 Å². The predicted octanol–water partition coefficient (Wildman–Crippen LogP) is 2.51. The minimum absolute atomic E-state index is 0.126. The Labute approximate surface area is 153 Å². The van der Waals surface area contributed by atoms with Crippen molar-refractivity contribution in [3.8, 4) is 5.75 Å². The summed E-state index contributed by atoms with van der Waals surface area (Å²) in [6, 6.07) is 4.70. The lowest BCUT2D eigenvalue weighted by molar-refractivity contribution is -0.385. The minimum atomic E-state index is -0.516. The summed E-state index contributed by atoms with van der Waals surface area (Å²) in [6.45, 7) is 1.76. The van der Waals surface area contributed by atoms with E-state index in [1.54, 1.807) is 23.5 Å². The third-order valence-electron chi connectivity index (χ3n) is 4.76. The first-order valence-corrected chi connectivity index (χ1v) is 9.02. The standard InChI is InChI=1S/C17H18N4O4S/c1-20-6-5-10-13(8-20)26-17-14(10)16(22)18-15(19-17)9-3-4-12(25-2)11(7-9)21(23)24/h3-4,7,15,19H,5-6,8H2,1-2H3,(H,18,22)/t15-/m1/s1. The lowest BCUT2D eigenvalue weighted by atomic mass is 10.0. The number of nitro groups is 1. The van der Waals surface area contributed by atoms with E-state index in [9.17, 15) is 14.9 Å². The van der Waals surface area contributed by atoms with E-state index in [0.29, 0.717) is 5.56 Å². The molecule has 26 heavy (non-hydrogen) atoms. The van der Waals surface area contributed by atoms with Crippen molar-refractivity contribution in [2.24, 2.45) is 0 Å². The van der Waals surface area contributed by atoms with Gasteiger partial charge in [0.25, 0.3) is 5.91 Å². The van der Waals surface area contributed by atoms with Gasteiger partial charge in [0.1, 0.15) is 11.2 Å². The number of nitrogens with zero attached hydrogens (tertiary/aromatic N) is 2. The number of hydrogen-bond donors (Lipinski definition) is 2. The van der Waals surface area contributed by atoms with E-state index in [4.69, 9.17) is 4.74 Å². The number of fused-ring (bicyclic) bond motifs is 3. The van der Waals surface area contributed by atoms with Crippen molar-refractivity contribution in [3.05, 3.63) is 49.9 Å². The first-order chi connectivity index (χ1) is 12.5. The van der Waals surface area contributed by atoms with Crippen LogP contribution in [0.25, 0.3) is 0 Å². The molecule has 0 aliphatic carbocycles. The number of likely N-dealkylation sites (N-methyl/N-ethyl adjacent to an activating group) is 1. The molecule has 2 aromatic rings. The highest BCUT2D eigenvalue weighted by Gasteiger charge is 2.33. The summed E-state index contributed by atoms with van der Waals surface area (Å²) in [4.78, 5) is 26.9. The molecule has 8 nitrogen and oxygen atoms in total. The molecule has 136 valence electrons. The first kappa shape index (κ1) is 16.8. The van der Waals surface area contributed by atoms with Gasteiger partial charge in [-0.1, -0.05) is 6.07 Å². The Morgan fingerprint density at radius 3 is 2.92 bits per heavy atom. The van der Waals surface area contributed by atoms with Crippen molar-refractivity contribution in [1.82, 2.24) is 10.2 Å². The maximum atomic E-state index is 12.7. The van der Waals surface area contributed by atoms with Gasteiger partial charge >= 0.3 is 5.69 Å². The highest BCUT2D eigenvalue weighted by Crippen LogP contribution is 2.41. The van der Waals surface area contributed by atoms with Gasteiger partial charge in [-0.05, 0) is 25.1 Å². The molecule has 9 heteroatoms. The van der Waals surface area contributed by atoms with Crippen LogP contribution in [0.4, 0.5) is 10.7 Å². The van der Waals surface area contributed by atoms with Crippen molar-refractivity contribution >= 4 is 27.9 Å². The van der Waals surface area contributed by atoms with Crippen molar-refractivity contribution in [3.63, 3.8) is 0 Å². The fourth-order valence-electron chi connectivity index (χ4n) is 3.44. The molecule has 1 amide bonds. The van der Waals surface area contributed by atoms with Crippen molar-refractivity contribution in [2.75, 3.05) is 26.0 Å². The van der Waals surface area contributed by atoms with Gasteiger partial charge in [0, 0.05) is 29.6 Å². The molecule has 1 aromatic carbocycles. The van der Waals surface area contributed by atoms with Gasteiger partial charge in [-0.25, -0.2) is 0 Å². The second kappa shape index (κ2) is 6.26. The molecule has 0 bridgehead atoms. The van der Waals surface area contributed by atoms with Crippen molar-refractivity contribution in [1.29, 1.82) is 0 Å². The molecule has 2 aliphatic heterocycles. The fraction of sp³-hybridized carbons (Fsp3) is 0.353. The van der Waals surface area contributed by atoms with Crippen LogP contribution in [-0.2, 0) is 13.0 Å². The minimum Gasteiger partial charge on any atom is -0.490 e. The third kappa shape index (κ3) is 2.69. The summed E-state index contributed by atoms with van der Waals surface area (Å²) < 4.78 is 5.04. The van der Waals surface area contributed by atoms with Crippen LogP contribution in [-0.4, -0.2) is 36.4 Å². The van der Waals surface area contributed by atoms with Gasteiger partial charge in [0.15, 0.2) is 5.75 Å². The molecule has 0 saturated heterocycles. The van der Waals surface area contributed by atoms with Gasteiger partial charge in [-0.15, -0.1) is 11.3 Å². The lowest BCUT2D eigenvalue weighted by Crippen LogP contribution is -2.38. The number of benzene rings is 1. The highest BCUT2D eigenvalue weighted by molar-refractivity contribution is 7.16. The maximum Gasteiger partial charge on any atom is 0.311 e. The highest BCUT2D eigenvalue weighted by atomic mass is 32.1. The Morgan fingerprint density at radius 2 is 2.19 bits per heavy atom. The Bertz CT molecular complexity index is 910. The molecule has 1 atom stereocenters. The van der Waals surface area contributed by atoms with Gasteiger partial charge < -0.3 is 20.3 Å². The fourth-order valence-corrected chi connectivity index (χ4v) is 4.79. The quantitative estimate of drug-likeness (QED) is 0.633. The first-order valence-electron chi connectivity index (χ1n) is 8.20. The number of nitro benzene ring substituents is 1. The van der Waals surface area contributed by atoms with Crippen LogP contribution in [0.2, 0.25) is 0 Å². The zero-order chi connectivity index (χ0) is 18.4. The average Bonchev–Trinajstić information content (AvgIpc) is 2.98. The van der Waals surface area contributed by atoms with Crippen LogP contribution in [0, 0.1) is 10.1 Å². The van der Waals surface area contributed by atoms with E-state index in [2.05, 4.69) is 22.6 Å². The summed E-state index contributed by atoms with van der Waals surface area (Å²) in [6.07, 6.45) is 0.336. The number of methoxy groups -OCH3 is 1. The zero-order valence-electron chi connectivity index (χ0n) is 14.4. The van der Waals surface area contributed by atoms with Crippen LogP contribution in [0.3, 0.4) is 0 Å². The summed E-state index contributed by atoms with van der Waals surface area (Å²) in [5, 5.41) is 18.3. The normalized spacial score (nSPS) is 19.2. The summed E-state index contributed by atoms with van der Waals surface area (Å²) in [5.41, 5.74) is 2.32. The van der Waals surface area contributed by atoms with Gasteiger partial charge in [0.2, 0.25) is 0 Å². The summed E-state index contributed by atoms with van der Waals surface area (Å²) in [7, 11) is 3.45. The van der Waals surface area contributed by atoms with Crippen molar-refractivity contribution < 1.29 is 14.5 Å². The van der Waals surface area contributed by atoms with Gasteiger partial charge in [0.05, 0.1) is 17.6 Å². The van der Waals surface area contributed by atoms with Crippen LogP contribution in [0.1, 0.15) is 32.5 Å². The number of anilines is 1. The molecule has 0 unspecified atom stereocenters. The zero-order valence-corrected chi connectivity index (χ0v) is 15.2. The molecular weight excluding hydrogens is 356 g/mol. The Balaban J connectivity index is 1.69. The molecule has 0 saturated carbocycles. The summed E-state index contributed by atoms with van der Waals surface area (Å²) >= 11 is 1.59. The lowest BCUT2D eigenvalue weighted by Gasteiger charge is -2.27. The number of carbonyl (C=O) groups excluding carboxylic acids is 1. The number of nitrogens with one attached hydrogen (secondary N) is 2. The van der Waals surface area contributed by atoms with Gasteiger partial charge in [-0.2, -0.15) is 0 Å². The second-order valence-electron chi connectivity index (χ2n) is 6.43. The van der Waals surface area contributed by atoms with Crippen LogP contribution < -0.4 is 15.4 Å². The number of ether oxygens (including phenoxy) is 1. The maximum absolute atomic E-state index is 12.7. The van der Waals surface area contributed by atoms with Gasteiger partial charge in [-0.3, -0.25) is 14.9 Å². The van der Waals surface area contributed by atoms with E-state index in [0.717, 1.165) is 35.6 Å². The third-order valence-corrected chi connectivity index (χ3v) is 5.91. The second-order valence-corrected chi connectivity index (χ2v) is 7.54.